The predicted molar refractivity (Wildman–Crippen MR) is 79.7 cm³/mol. The van der Waals surface area contributed by atoms with E-state index < -0.39 is 0 Å². The summed E-state index contributed by atoms with van der Waals surface area (Å²) in [6.45, 7) is 0.399. The molecule has 6 heteroatoms. The number of nitrogens with two attached hydrogens (primary N) is 1. The van der Waals surface area contributed by atoms with Crippen LogP contribution in [0.2, 0.25) is 0 Å². The lowest BCUT2D eigenvalue weighted by Gasteiger charge is -2.47. The average molecular weight is 294 g/mol. The number of thiazole rings is 1. The highest BCUT2D eigenvalue weighted by atomic mass is 32.1. The fourth-order valence-electron chi connectivity index (χ4n) is 3.50. The SMILES string of the molecule is CN1C2CCCC1CC(NC(=O)c1csc(CN)n1)C2. The van der Waals surface area contributed by atoms with E-state index in [1.165, 1.54) is 30.6 Å². The molecule has 2 saturated heterocycles. The molecule has 3 heterocycles. The number of nitrogens with zero attached hydrogens (tertiary/aromatic N) is 2. The normalized spacial score (nSPS) is 30.2. The van der Waals surface area contributed by atoms with Gasteiger partial charge in [0.1, 0.15) is 10.7 Å². The molecule has 0 spiro atoms. The van der Waals surface area contributed by atoms with Crippen LogP contribution in [-0.4, -0.2) is 41.0 Å². The smallest absolute Gasteiger partial charge is 0.270 e. The molecule has 20 heavy (non-hydrogen) atoms. The Bertz CT molecular complexity index is 475. The van der Waals surface area contributed by atoms with E-state index in [1.54, 1.807) is 5.38 Å². The zero-order valence-electron chi connectivity index (χ0n) is 11.8. The van der Waals surface area contributed by atoms with Crippen molar-refractivity contribution >= 4 is 17.2 Å². The Morgan fingerprint density at radius 1 is 1.50 bits per heavy atom. The van der Waals surface area contributed by atoms with Crippen molar-refractivity contribution in [1.82, 2.24) is 15.2 Å². The Hall–Kier alpha value is -0.980. The fourth-order valence-corrected chi connectivity index (χ4v) is 4.16. The summed E-state index contributed by atoms with van der Waals surface area (Å²) >= 11 is 1.45. The summed E-state index contributed by atoms with van der Waals surface area (Å²) < 4.78 is 0. The minimum absolute atomic E-state index is 0.0476. The van der Waals surface area contributed by atoms with E-state index in [-0.39, 0.29) is 11.9 Å². The fraction of sp³-hybridized carbons (Fsp3) is 0.714. The molecule has 110 valence electrons. The molecule has 1 aromatic rings. The molecule has 2 fully saturated rings. The molecule has 0 radical (unpaired) electrons. The molecule has 1 amide bonds. The number of hydrogen-bond acceptors (Lipinski definition) is 5. The van der Waals surface area contributed by atoms with Crippen molar-refractivity contribution in [1.29, 1.82) is 0 Å². The summed E-state index contributed by atoms with van der Waals surface area (Å²) in [6.07, 6.45) is 5.96. The van der Waals surface area contributed by atoms with Crippen LogP contribution in [0.4, 0.5) is 0 Å². The molecule has 1 aromatic heterocycles. The van der Waals surface area contributed by atoms with Crippen molar-refractivity contribution in [3.05, 3.63) is 16.1 Å². The second kappa shape index (κ2) is 5.79. The van der Waals surface area contributed by atoms with Crippen molar-refractivity contribution in [2.45, 2.75) is 56.8 Å². The Morgan fingerprint density at radius 3 is 2.80 bits per heavy atom. The summed E-state index contributed by atoms with van der Waals surface area (Å²) in [5, 5.41) is 5.77. The van der Waals surface area contributed by atoms with Gasteiger partial charge in [-0.2, -0.15) is 0 Å². The standard InChI is InChI=1S/C14H22N4OS/c1-18-10-3-2-4-11(18)6-9(5-10)16-14(19)12-8-20-13(7-15)17-12/h8-11H,2-7,15H2,1H3,(H,16,19). The van der Waals surface area contributed by atoms with Gasteiger partial charge in [-0.05, 0) is 32.7 Å². The highest BCUT2D eigenvalue weighted by Gasteiger charge is 2.36. The zero-order valence-corrected chi connectivity index (χ0v) is 12.7. The monoisotopic (exact) mass is 294 g/mol. The van der Waals surface area contributed by atoms with Crippen LogP contribution in [0.5, 0.6) is 0 Å². The Labute approximate surface area is 123 Å². The predicted octanol–water partition coefficient (Wildman–Crippen LogP) is 1.35. The van der Waals surface area contributed by atoms with Gasteiger partial charge in [0, 0.05) is 30.1 Å². The van der Waals surface area contributed by atoms with Crippen LogP contribution in [0.3, 0.4) is 0 Å². The molecule has 0 aromatic carbocycles. The summed E-state index contributed by atoms with van der Waals surface area (Å²) in [5.74, 6) is -0.0476. The van der Waals surface area contributed by atoms with Crippen molar-refractivity contribution in [2.24, 2.45) is 5.73 Å². The average Bonchev–Trinajstić information content (AvgIpc) is 2.89. The van der Waals surface area contributed by atoms with Gasteiger partial charge < -0.3 is 16.0 Å². The van der Waals surface area contributed by atoms with Gasteiger partial charge >= 0.3 is 0 Å². The first-order chi connectivity index (χ1) is 9.67. The van der Waals surface area contributed by atoms with Crippen LogP contribution in [0.15, 0.2) is 5.38 Å². The van der Waals surface area contributed by atoms with Crippen LogP contribution < -0.4 is 11.1 Å². The number of rotatable bonds is 3. The molecule has 2 bridgehead atoms. The molecule has 2 aliphatic rings. The van der Waals surface area contributed by atoms with Gasteiger partial charge in [-0.25, -0.2) is 4.98 Å². The quantitative estimate of drug-likeness (QED) is 0.882. The molecule has 3 N–H and O–H groups in total. The van der Waals surface area contributed by atoms with Gasteiger partial charge in [0.2, 0.25) is 0 Å². The maximum absolute atomic E-state index is 12.2. The van der Waals surface area contributed by atoms with Crippen LogP contribution in [0.25, 0.3) is 0 Å². The molecular formula is C14H22N4OS. The van der Waals surface area contributed by atoms with Gasteiger partial charge in [0.25, 0.3) is 5.91 Å². The molecule has 5 nitrogen and oxygen atoms in total. The first-order valence-corrected chi connectivity index (χ1v) is 8.22. The van der Waals surface area contributed by atoms with Crippen molar-refractivity contribution in [3.63, 3.8) is 0 Å². The Balaban J connectivity index is 1.62. The van der Waals surface area contributed by atoms with E-state index in [2.05, 4.69) is 22.2 Å². The second-order valence-electron chi connectivity index (χ2n) is 5.88. The number of hydrogen-bond donors (Lipinski definition) is 2. The molecule has 2 aliphatic heterocycles. The summed E-state index contributed by atoms with van der Waals surface area (Å²) in [7, 11) is 2.22. The molecule has 2 atom stereocenters. The lowest BCUT2D eigenvalue weighted by atomic mass is 9.82. The lowest BCUT2D eigenvalue weighted by molar-refractivity contribution is 0.0462. The third kappa shape index (κ3) is 2.73. The molecule has 3 rings (SSSR count). The maximum Gasteiger partial charge on any atom is 0.270 e. The first kappa shape index (κ1) is 14.0. The summed E-state index contributed by atoms with van der Waals surface area (Å²) in [6, 6.07) is 1.54. The number of amides is 1. The number of fused-ring (bicyclic) bond motifs is 2. The maximum atomic E-state index is 12.2. The van der Waals surface area contributed by atoms with Gasteiger partial charge in [0.05, 0.1) is 0 Å². The van der Waals surface area contributed by atoms with Gasteiger partial charge in [0.15, 0.2) is 0 Å². The molecular weight excluding hydrogens is 272 g/mol. The number of piperidine rings is 2. The van der Waals surface area contributed by atoms with Crippen molar-refractivity contribution in [2.75, 3.05) is 7.05 Å². The first-order valence-electron chi connectivity index (χ1n) is 7.34. The van der Waals surface area contributed by atoms with E-state index in [0.717, 1.165) is 17.8 Å². The topological polar surface area (TPSA) is 71.2 Å². The van der Waals surface area contributed by atoms with Crippen molar-refractivity contribution in [3.8, 4) is 0 Å². The summed E-state index contributed by atoms with van der Waals surface area (Å²) in [4.78, 5) is 19.0. The zero-order chi connectivity index (χ0) is 14.1. The van der Waals surface area contributed by atoms with E-state index in [9.17, 15) is 4.79 Å². The van der Waals surface area contributed by atoms with Crippen LogP contribution >= 0.6 is 11.3 Å². The second-order valence-corrected chi connectivity index (χ2v) is 6.82. The number of carbonyl (C=O) groups excluding carboxylic acids is 1. The van der Waals surface area contributed by atoms with Crippen LogP contribution in [-0.2, 0) is 6.54 Å². The lowest BCUT2D eigenvalue weighted by Crippen LogP contribution is -2.55. The van der Waals surface area contributed by atoms with Crippen molar-refractivity contribution < 1.29 is 4.79 Å². The summed E-state index contributed by atoms with van der Waals surface area (Å²) in [5.41, 5.74) is 6.05. The number of carbonyl (C=O) groups is 1. The van der Waals surface area contributed by atoms with Gasteiger partial charge in [-0.3, -0.25) is 4.79 Å². The Kier molecular flexibility index (Phi) is 4.05. The van der Waals surface area contributed by atoms with Gasteiger partial charge in [-0.15, -0.1) is 11.3 Å². The largest absolute Gasteiger partial charge is 0.348 e. The van der Waals surface area contributed by atoms with E-state index in [4.69, 9.17) is 5.73 Å². The number of nitrogens with one attached hydrogen (secondary N) is 1. The molecule has 0 saturated carbocycles. The highest BCUT2D eigenvalue weighted by Crippen LogP contribution is 2.32. The molecule has 2 unspecified atom stereocenters. The third-order valence-electron chi connectivity index (χ3n) is 4.63. The highest BCUT2D eigenvalue weighted by molar-refractivity contribution is 7.09. The van der Waals surface area contributed by atoms with Gasteiger partial charge in [-0.1, -0.05) is 6.42 Å². The third-order valence-corrected chi connectivity index (χ3v) is 5.51. The minimum Gasteiger partial charge on any atom is -0.348 e. The molecule has 0 aliphatic carbocycles. The van der Waals surface area contributed by atoms with Crippen LogP contribution in [0, 0.1) is 0 Å². The minimum atomic E-state index is -0.0476. The van der Waals surface area contributed by atoms with E-state index in [0.29, 0.717) is 24.3 Å². The van der Waals surface area contributed by atoms with E-state index in [1.807, 2.05) is 0 Å². The van der Waals surface area contributed by atoms with E-state index >= 15 is 0 Å². The van der Waals surface area contributed by atoms with Crippen LogP contribution in [0.1, 0.15) is 47.6 Å². The Morgan fingerprint density at radius 2 is 2.20 bits per heavy atom. The number of aromatic nitrogens is 1.